The molecule has 0 saturated carbocycles. The van der Waals surface area contributed by atoms with Gasteiger partial charge in [0.25, 0.3) is 0 Å². The van der Waals surface area contributed by atoms with Gasteiger partial charge in [0.1, 0.15) is 12.2 Å². The second-order valence-corrected chi connectivity index (χ2v) is 5.38. The third-order valence-electron chi connectivity index (χ3n) is 3.51. The Kier molecular flexibility index (Phi) is 3.90. The Hall–Kier alpha value is -2.65. The van der Waals surface area contributed by atoms with E-state index in [0.717, 1.165) is 5.56 Å². The molecule has 1 fully saturated rings. The molecular weight excluding hydrogens is 280 g/mol. The van der Waals surface area contributed by atoms with Crippen molar-refractivity contribution in [3.8, 4) is 11.9 Å². The number of rotatable bonds is 5. The van der Waals surface area contributed by atoms with Gasteiger partial charge in [-0.2, -0.15) is 10.2 Å². The van der Waals surface area contributed by atoms with Gasteiger partial charge >= 0.3 is 0 Å². The van der Waals surface area contributed by atoms with Gasteiger partial charge in [0.15, 0.2) is 0 Å². The fourth-order valence-corrected chi connectivity index (χ4v) is 2.36. The Labute approximate surface area is 128 Å². The highest BCUT2D eigenvalue weighted by Gasteiger charge is 2.42. The Morgan fingerprint density at radius 1 is 1.27 bits per heavy atom. The maximum Gasteiger partial charge on any atom is 0.228 e. The summed E-state index contributed by atoms with van der Waals surface area (Å²) < 4.78 is 5.66. The van der Waals surface area contributed by atoms with E-state index in [2.05, 4.69) is 9.97 Å². The smallest absolute Gasteiger partial charge is 0.228 e. The highest BCUT2D eigenvalue weighted by Crippen LogP contribution is 2.28. The molecule has 2 heterocycles. The van der Waals surface area contributed by atoms with Crippen molar-refractivity contribution in [2.75, 3.05) is 18.0 Å². The first-order valence-corrected chi connectivity index (χ1v) is 7.03. The number of nitrogens with zero attached hydrogens (tertiary/aromatic N) is 4. The fourth-order valence-electron chi connectivity index (χ4n) is 2.36. The van der Waals surface area contributed by atoms with E-state index in [4.69, 9.17) is 10.00 Å². The van der Waals surface area contributed by atoms with Crippen molar-refractivity contribution in [3.05, 3.63) is 48.2 Å². The van der Waals surface area contributed by atoms with Gasteiger partial charge in [0.2, 0.25) is 11.8 Å². The molecule has 1 aromatic heterocycles. The molecule has 0 bridgehead atoms. The lowest BCUT2D eigenvalue weighted by Gasteiger charge is -2.45. The number of aliphatic hydroxyl groups is 1. The lowest BCUT2D eigenvalue weighted by Crippen LogP contribution is -2.62. The molecule has 0 unspecified atom stereocenters. The number of nitriles is 1. The Morgan fingerprint density at radius 2 is 2.05 bits per heavy atom. The molecule has 1 aliphatic heterocycles. The molecule has 0 amide bonds. The molecule has 1 aliphatic rings. The predicted molar refractivity (Wildman–Crippen MR) is 80.2 cm³/mol. The molecule has 1 N–H and O–H groups in total. The monoisotopic (exact) mass is 296 g/mol. The second kappa shape index (κ2) is 6.00. The highest BCUT2D eigenvalue weighted by atomic mass is 16.5. The van der Waals surface area contributed by atoms with Gasteiger partial charge in [-0.15, -0.1) is 0 Å². The first kappa shape index (κ1) is 14.3. The zero-order chi connectivity index (χ0) is 15.4. The van der Waals surface area contributed by atoms with Crippen molar-refractivity contribution in [2.45, 2.75) is 18.6 Å². The van der Waals surface area contributed by atoms with E-state index in [1.807, 2.05) is 41.3 Å². The zero-order valence-corrected chi connectivity index (χ0v) is 12.0. The molecule has 2 aromatic rings. The summed E-state index contributed by atoms with van der Waals surface area (Å²) in [5.74, 6) is 0.998. The van der Waals surface area contributed by atoms with Crippen molar-refractivity contribution in [2.24, 2.45) is 0 Å². The second-order valence-electron chi connectivity index (χ2n) is 5.38. The summed E-state index contributed by atoms with van der Waals surface area (Å²) in [6.07, 6.45) is 1.75. The third-order valence-corrected chi connectivity index (χ3v) is 3.51. The van der Waals surface area contributed by atoms with Gasteiger partial charge in [-0.1, -0.05) is 30.3 Å². The molecule has 112 valence electrons. The van der Waals surface area contributed by atoms with Crippen LogP contribution >= 0.6 is 0 Å². The summed E-state index contributed by atoms with van der Waals surface area (Å²) in [5, 5.41) is 18.7. The van der Waals surface area contributed by atoms with Gasteiger partial charge in [0.05, 0.1) is 25.6 Å². The number of anilines is 1. The first-order valence-electron chi connectivity index (χ1n) is 7.03. The van der Waals surface area contributed by atoms with Crippen LogP contribution in [0.2, 0.25) is 0 Å². The van der Waals surface area contributed by atoms with Crippen LogP contribution in [-0.4, -0.2) is 33.8 Å². The lowest BCUT2D eigenvalue weighted by atomic mass is 9.92. The van der Waals surface area contributed by atoms with Crippen LogP contribution in [0.25, 0.3) is 0 Å². The van der Waals surface area contributed by atoms with E-state index in [9.17, 15) is 5.11 Å². The number of benzene rings is 1. The van der Waals surface area contributed by atoms with Crippen LogP contribution in [0.15, 0.2) is 42.6 Å². The summed E-state index contributed by atoms with van der Waals surface area (Å²) in [7, 11) is 0. The molecule has 0 aliphatic carbocycles. The molecule has 6 heteroatoms. The van der Waals surface area contributed by atoms with E-state index < -0.39 is 5.60 Å². The maximum absolute atomic E-state index is 10.0. The number of hydrogen-bond donors (Lipinski definition) is 1. The number of hydrogen-bond acceptors (Lipinski definition) is 6. The quantitative estimate of drug-likeness (QED) is 0.901. The average Bonchev–Trinajstić information content (AvgIpc) is 2.52. The highest BCUT2D eigenvalue weighted by molar-refractivity contribution is 5.39. The van der Waals surface area contributed by atoms with Crippen LogP contribution in [-0.2, 0) is 6.61 Å². The summed E-state index contributed by atoms with van der Waals surface area (Å²) >= 11 is 0. The summed E-state index contributed by atoms with van der Waals surface area (Å²) in [6.45, 7) is 1.17. The zero-order valence-electron chi connectivity index (χ0n) is 12.0. The van der Waals surface area contributed by atoms with Crippen LogP contribution in [0.5, 0.6) is 5.88 Å². The largest absolute Gasteiger partial charge is 0.473 e. The molecule has 1 aromatic carbocycles. The molecule has 3 rings (SSSR count). The van der Waals surface area contributed by atoms with Gasteiger partial charge in [-0.05, 0) is 5.56 Å². The minimum absolute atomic E-state index is 0.119. The van der Waals surface area contributed by atoms with Gasteiger partial charge in [-0.3, -0.25) is 0 Å². The van der Waals surface area contributed by atoms with Crippen LogP contribution in [0.1, 0.15) is 12.0 Å². The number of ether oxygens (including phenoxy) is 1. The van der Waals surface area contributed by atoms with Crippen LogP contribution < -0.4 is 9.64 Å². The number of aromatic nitrogens is 2. The van der Waals surface area contributed by atoms with Gasteiger partial charge < -0.3 is 14.7 Å². The molecular formula is C16H16N4O2. The van der Waals surface area contributed by atoms with Crippen molar-refractivity contribution >= 4 is 5.95 Å². The number of β-amino-alcohol motifs (C(OH)–C–C–N with tert-alkyl or cyclic N) is 1. The van der Waals surface area contributed by atoms with Crippen LogP contribution in [0.3, 0.4) is 0 Å². The normalized spacial score (nSPS) is 15.7. The van der Waals surface area contributed by atoms with Crippen LogP contribution in [0, 0.1) is 11.3 Å². The summed E-state index contributed by atoms with van der Waals surface area (Å²) in [5.41, 5.74) is 0.119. The van der Waals surface area contributed by atoms with Crippen molar-refractivity contribution in [1.29, 1.82) is 5.26 Å². The van der Waals surface area contributed by atoms with E-state index in [0.29, 0.717) is 31.5 Å². The van der Waals surface area contributed by atoms with Crippen LogP contribution in [0.4, 0.5) is 5.95 Å². The molecule has 1 saturated heterocycles. The molecule has 0 radical (unpaired) electrons. The maximum atomic E-state index is 10.0. The topological polar surface area (TPSA) is 82.3 Å². The minimum Gasteiger partial charge on any atom is -0.473 e. The van der Waals surface area contributed by atoms with Crippen molar-refractivity contribution in [3.63, 3.8) is 0 Å². The molecule has 0 atom stereocenters. The summed E-state index contributed by atoms with van der Waals surface area (Å²) in [6, 6.07) is 13.5. The predicted octanol–water partition coefficient (Wildman–Crippen LogP) is 1.52. The van der Waals surface area contributed by atoms with E-state index in [1.54, 1.807) is 12.3 Å². The Bertz CT molecular complexity index is 678. The van der Waals surface area contributed by atoms with E-state index >= 15 is 0 Å². The van der Waals surface area contributed by atoms with Gasteiger partial charge in [0, 0.05) is 12.3 Å². The molecule has 22 heavy (non-hydrogen) atoms. The van der Waals surface area contributed by atoms with E-state index in [-0.39, 0.29) is 6.42 Å². The fraction of sp³-hybridized carbons (Fsp3) is 0.312. The Balaban J connectivity index is 1.61. The molecule has 0 spiro atoms. The standard InChI is InChI=1S/C16H16N4O2/c17-8-7-16(21)11-20(12-16)15-18-9-6-14(19-15)22-10-13-4-2-1-3-5-13/h1-6,9,21H,7,10-12H2. The van der Waals surface area contributed by atoms with Crippen molar-refractivity contribution in [1.82, 2.24) is 9.97 Å². The average molecular weight is 296 g/mol. The first-order chi connectivity index (χ1) is 10.7. The van der Waals surface area contributed by atoms with Gasteiger partial charge in [-0.25, -0.2) is 4.98 Å². The lowest BCUT2D eigenvalue weighted by molar-refractivity contribution is 0.0156. The minimum atomic E-state index is -0.945. The summed E-state index contributed by atoms with van der Waals surface area (Å²) in [4.78, 5) is 10.3. The van der Waals surface area contributed by atoms with E-state index in [1.165, 1.54) is 0 Å². The molecule has 6 nitrogen and oxygen atoms in total. The Morgan fingerprint density at radius 3 is 2.77 bits per heavy atom. The van der Waals surface area contributed by atoms with Crippen molar-refractivity contribution < 1.29 is 9.84 Å². The third kappa shape index (κ3) is 3.15. The SMILES string of the molecule is N#CCC1(O)CN(c2nccc(OCc3ccccc3)n2)C1.